The summed E-state index contributed by atoms with van der Waals surface area (Å²) in [5.41, 5.74) is 12.7. The second kappa shape index (κ2) is 36.9. The summed E-state index contributed by atoms with van der Waals surface area (Å²) in [5.74, 6) is -2.80. The highest BCUT2D eigenvalue weighted by Crippen LogP contribution is 2.36. The molecular formula is C57H80IN11O15S2. The molecule has 2 aromatic carbocycles. The van der Waals surface area contributed by atoms with Gasteiger partial charge in [0.2, 0.25) is 23.6 Å². The Morgan fingerprint density at radius 2 is 0.988 bits per heavy atom. The molecule has 6 rings (SSSR count). The summed E-state index contributed by atoms with van der Waals surface area (Å²) in [6.07, 6.45) is 4.68. The van der Waals surface area contributed by atoms with Gasteiger partial charge >= 0.3 is 11.9 Å². The number of fused-ring (bicyclic) bond motifs is 2. The van der Waals surface area contributed by atoms with Crippen LogP contribution in [0.2, 0.25) is 0 Å². The van der Waals surface area contributed by atoms with Crippen LogP contribution in [0.1, 0.15) is 121 Å². The van der Waals surface area contributed by atoms with Gasteiger partial charge in [-0.2, -0.15) is 23.5 Å². The molecule has 0 bridgehead atoms. The van der Waals surface area contributed by atoms with Crippen LogP contribution in [0.15, 0.2) is 52.4 Å². The third-order valence-corrected chi connectivity index (χ3v) is 18.1. The SMILES string of the molecule is NC1=N[C@@H]2C(CCCCC(=O)N[C@@H](CC(=O)NCCOCCOCCCC(=O)c3cc(NC(=O)c4ccc(I)cc4)cc(C(=O)CCCOCCOCCNC(=O)C[C@H](NC(=O)CCCCC4SC[C@@H]5NC(N)=N[C@H]45)C(=O)O)c3)C(=O)O)SC[C@@H]2N1. The number of thioether (sulfide) groups is 2. The van der Waals surface area contributed by atoms with Crippen LogP contribution in [0.5, 0.6) is 0 Å². The molecule has 4 aliphatic rings. The molecule has 472 valence electrons. The third-order valence-electron chi connectivity index (χ3n) is 14.3. The molecule has 8 atom stereocenters. The Hall–Kier alpha value is -6.12. The summed E-state index contributed by atoms with van der Waals surface area (Å²) in [7, 11) is 0. The number of carboxylic acids is 2. The highest BCUT2D eigenvalue weighted by atomic mass is 127. The molecular weight excluding hydrogens is 1270 g/mol. The monoisotopic (exact) mass is 1350 g/mol. The number of carbonyl (C=O) groups excluding carboxylic acids is 7. The van der Waals surface area contributed by atoms with E-state index in [-0.39, 0.29) is 144 Å². The predicted octanol–water partition coefficient (Wildman–Crippen LogP) is 2.35. The Labute approximate surface area is 521 Å². The van der Waals surface area contributed by atoms with E-state index >= 15 is 0 Å². The fourth-order valence-corrected chi connectivity index (χ4v) is 13.3. The van der Waals surface area contributed by atoms with E-state index in [1.165, 1.54) is 18.2 Å². The van der Waals surface area contributed by atoms with Gasteiger partial charge in [-0.15, -0.1) is 0 Å². The van der Waals surface area contributed by atoms with Crippen LogP contribution in [0.25, 0.3) is 0 Å². The van der Waals surface area contributed by atoms with Crippen LogP contribution in [-0.4, -0.2) is 199 Å². The number of ether oxygens (including phenoxy) is 4. The lowest BCUT2D eigenvalue weighted by atomic mass is 9.99. The van der Waals surface area contributed by atoms with E-state index in [0.29, 0.717) is 53.7 Å². The number of halogens is 1. The van der Waals surface area contributed by atoms with Gasteiger partial charge in [0, 0.05) is 99.9 Å². The molecule has 0 spiro atoms. The first-order valence-corrected chi connectivity index (χ1v) is 32.2. The van der Waals surface area contributed by atoms with Crippen LogP contribution in [0.3, 0.4) is 0 Å². The number of nitrogens with one attached hydrogen (secondary N) is 7. The standard InChI is InChI=1S/C57H80IN11O15S2/c58-37-15-13-34(14-16-37)53(76)63-38-28-35(43(70)7-5-19-81-23-25-83-21-17-61-49(74)30-39(54(77)78)64-47(72)11-3-1-9-45-51-41(32-85-45)66-56(59)68-51)27-36(29-38)44(71)8-6-20-82-24-26-84-22-18-62-50(75)31-40(55(79)80)65-48(73)12-4-2-10-46-52-42(33-86-46)67-57(60)69-52/h13-16,27-29,39-42,45-46,51-52H,1-12,17-26,30-33H2,(H,61,74)(H,62,75)(H,63,76)(H,64,72)(H,65,73)(H,77,78)(H,79,80)(H3,59,66,68)(H3,60,67,69)/t39-,40-,41-,42-,45?,46?,51-,52-/m0/s1. The minimum absolute atomic E-state index is 0.0821. The second-order valence-electron chi connectivity index (χ2n) is 21.0. The van der Waals surface area contributed by atoms with E-state index in [9.17, 15) is 53.4 Å². The first-order valence-electron chi connectivity index (χ1n) is 29.0. The minimum atomic E-state index is -1.37. The number of hydrogen-bond donors (Lipinski definition) is 11. The van der Waals surface area contributed by atoms with Crippen molar-refractivity contribution in [3.63, 3.8) is 0 Å². The lowest BCUT2D eigenvalue weighted by Crippen LogP contribution is -2.44. The summed E-state index contributed by atoms with van der Waals surface area (Å²) < 4.78 is 23.3. The maximum atomic E-state index is 13.5. The van der Waals surface area contributed by atoms with E-state index in [2.05, 4.69) is 69.8 Å². The number of unbranched alkanes of at least 4 members (excludes halogenated alkanes) is 2. The number of nitrogens with two attached hydrogens (primary N) is 2. The van der Waals surface area contributed by atoms with Crippen molar-refractivity contribution in [2.24, 2.45) is 21.5 Å². The van der Waals surface area contributed by atoms with E-state index < -0.39 is 66.4 Å². The molecule has 4 heterocycles. The lowest BCUT2D eigenvalue weighted by molar-refractivity contribution is -0.143. The molecule has 0 aliphatic carbocycles. The molecule has 29 heteroatoms. The van der Waals surface area contributed by atoms with E-state index in [1.54, 1.807) is 24.3 Å². The van der Waals surface area contributed by atoms with Gasteiger partial charge in [-0.1, -0.05) is 12.8 Å². The summed E-state index contributed by atoms with van der Waals surface area (Å²) in [5, 5.41) is 39.1. The van der Waals surface area contributed by atoms with E-state index in [1.807, 2.05) is 23.5 Å². The van der Waals surface area contributed by atoms with Crippen LogP contribution < -0.4 is 48.7 Å². The normalized spacial score (nSPS) is 19.8. The van der Waals surface area contributed by atoms with Crippen LogP contribution in [0.4, 0.5) is 5.69 Å². The van der Waals surface area contributed by atoms with Gasteiger partial charge in [0.15, 0.2) is 23.5 Å². The molecule has 2 saturated heterocycles. The number of benzene rings is 2. The van der Waals surface area contributed by atoms with E-state index in [4.69, 9.17) is 30.4 Å². The maximum absolute atomic E-state index is 13.5. The first-order chi connectivity index (χ1) is 41.4. The molecule has 5 amide bonds. The number of rotatable bonds is 42. The Morgan fingerprint density at radius 1 is 0.558 bits per heavy atom. The van der Waals surface area contributed by atoms with Gasteiger partial charge in [0.25, 0.3) is 5.91 Å². The number of hydrogen-bond acceptors (Lipinski definition) is 21. The largest absolute Gasteiger partial charge is 0.480 e. The van der Waals surface area contributed by atoms with Gasteiger partial charge in [0.1, 0.15) is 12.1 Å². The fraction of sp³-hybridized carbons (Fsp3) is 0.596. The Morgan fingerprint density at radius 3 is 1.42 bits per heavy atom. The topological polar surface area (TPSA) is 392 Å². The Kier molecular flexibility index (Phi) is 29.6. The first kappa shape index (κ1) is 69.0. The van der Waals surface area contributed by atoms with Crippen molar-refractivity contribution in [2.45, 2.75) is 137 Å². The maximum Gasteiger partial charge on any atom is 0.326 e. The van der Waals surface area contributed by atoms with Gasteiger partial charge in [-0.05, 0) is 104 Å². The van der Waals surface area contributed by atoms with Crippen molar-refractivity contribution < 1.29 is 72.3 Å². The average molecular weight is 1350 g/mol. The minimum Gasteiger partial charge on any atom is -0.480 e. The molecule has 4 aliphatic heterocycles. The number of Topliss-reactive ketones (excluding diaryl/α,β-unsaturated/α-hetero) is 2. The molecule has 13 N–H and O–H groups in total. The van der Waals surface area contributed by atoms with Gasteiger partial charge in [0.05, 0.1) is 76.7 Å². The molecule has 0 radical (unpaired) electrons. The smallest absolute Gasteiger partial charge is 0.326 e. The van der Waals surface area contributed by atoms with Crippen LogP contribution in [-0.2, 0) is 47.7 Å². The van der Waals surface area contributed by atoms with Crippen molar-refractivity contribution in [3.8, 4) is 0 Å². The highest BCUT2D eigenvalue weighted by Gasteiger charge is 2.41. The number of carbonyl (C=O) groups is 9. The van der Waals surface area contributed by atoms with Crippen molar-refractivity contribution in [2.75, 3.05) is 82.8 Å². The number of anilines is 1. The number of ketones is 2. The highest BCUT2D eigenvalue weighted by molar-refractivity contribution is 14.1. The lowest BCUT2D eigenvalue weighted by Gasteiger charge is -2.16. The number of amides is 5. The molecule has 26 nitrogen and oxygen atoms in total. The van der Waals surface area contributed by atoms with Gasteiger partial charge < -0.3 is 77.8 Å². The molecule has 2 unspecified atom stereocenters. The fourth-order valence-electron chi connectivity index (χ4n) is 9.92. The molecule has 0 aromatic heterocycles. The Bertz CT molecular complexity index is 2560. The zero-order valence-electron chi connectivity index (χ0n) is 48.0. The zero-order valence-corrected chi connectivity index (χ0v) is 51.8. The molecule has 2 aromatic rings. The number of carboxylic acid groups (broad SMARTS) is 2. The number of guanidine groups is 2. The van der Waals surface area contributed by atoms with Gasteiger partial charge in [-0.25, -0.2) is 19.6 Å². The quantitative estimate of drug-likeness (QED) is 0.0258. The number of aliphatic imine (C=N–C) groups is 2. The zero-order chi connectivity index (χ0) is 61.8. The molecule has 0 saturated carbocycles. The van der Waals surface area contributed by atoms with Crippen LogP contribution >= 0.6 is 46.1 Å². The average Bonchev–Trinajstić information content (AvgIpc) is 2.32. The van der Waals surface area contributed by atoms with Crippen molar-refractivity contribution in [3.05, 3.63) is 62.7 Å². The van der Waals surface area contributed by atoms with Gasteiger partial charge in [-0.3, -0.25) is 33.6 Å². The Balaban J connectivity index is 0.802. The second-order valence-corrected chi connectivity index (χ2v) is 24.8. The third kappa shape index (κ3) is 24.2. The number of aliphatic carboxylic acids is 2. The van der Waals surface area contributed by atoms with Crippen molar-refractivity contribution >= 4 is 117 Å². The summed E-state index contributed by atoms with van der Waals surface area (Å²) in [6.45, 7) is 1.66. The van der Waals surface area contributed by atoms with Crippen molar-refractivity contribution in [1.29, 1.82) is 0 Å². The number of nitrogens with zero attached hydrogens (tertiary/aromatic N) is 2. The summed E-state index contributed by atoms with van der Waals surface area (Å²) in [6, 6.07) is 9.48. The summed E-state index contributed by atoms with van der Waals surface area (Å²) in [4.78, 5) is 123. The van der Waals surface area contributed by atoms with Crippen LogP contribution in [0, 0.1) is 3.57 Å². The molecule has 2 fully saturated rings. The molecule has 86 heavy (non-hydrogen) atoms. The van der Waals surface area contributed by atoms with Crippen molar-refractivity contribution in [1.82, 2.24) is 31.9 Å². The predicted molar refractivity (Wildman–Crippen MR) is 332 cm³/mol. The summed E-state index contributed by atoms with van der Waals surface area (Å²) >= 11 is 5.79. The van der Waals surface area contributed by atoms with E-state index in [0.717, 1.165) is 40.8 Å².